The quantitative estimate of drug-likeness (QED) is 0.102. The molecule has 0 radical (unpaired) electrons. The molecule has 15 heteroatoms. The lowest BCUT2D eigenvalue weighted by molar-refractivity contribution is 1.07. The number of hydrogen-bond acceptors (Lipinski definition) is 15. The number of hydrogen-bond donors (Lipinski definition) is 0. The van der Waals surface area contributed by atoms with Crippen molar-refractivity contribution in [2.75, 3.05) is 14.7 Å². The van der Waals surface area contributed by atoms with Crippen LogP contribution in [0.2, 0.25) is 0 Å². The summed E-state index contributed by atoms with van der Waals surface area (Å²) in [5.74, 6) is 6.02. The Hall–Kier alpha value is -14.2. The highest BCUT2D eigenvalue weighted by Crippen LogP contribution is 2.55. The average Bonchev–Trinajstić information content (AvgIpc) is 0.766. The number of rotatable bonds is 14. The van der Waals surface area contributed by atoms with Crippen LogP contribution < -0.4 is 14.7 Å². The van der Waals surface area contributed by atoms with Crippen molar-refractivity contribution in [3.05, 3.63) is 396 Å². The molecular formula is C109H86N12S3. The fourth-order valence-corrected chi connectivity index (χ4v) is 18.6. The van der Waals surface area contributed by atoms with Gasteiger partial charge < -0.3 is 14.7 Å². The summed E-state index contributed by atoms with van der Waals surface area (Å²) in [6.45, 7) is 17.0. The average molecular weight is 1660 g/mol. The zero-order valence-corrected chi connectivity index (χ0v) is 72.4. The predicted molar refractivity (Wildman–Crippen MR) is 512 cm³/mol. The first-order valence-corrected chi connectivity index (χ1v) is 44.3. The van der Waals surface area contributed by atoms with Crippen LogP contribution in [0.15, 0.2) is 381 Å². The molecule has 0 amide bonds. The Balaban J connectivity index is 0.000000122. The van der Waals surface area contributed by atoms with E-state index < -0.39 is 0 Å². The van der Waals surface area contributed by atoms with Crippen LogP contribution in [-0.4, -0.2) is 44.9 Å². The van der Waals surface area contributed by atoms with Gasteiger partial charge in [-0.05, 0) is 245 Å². The van der Waals surface area contributed by atoms with Crippen molar-refractivity contribution in [1.82, 2.24) is 44.9 Å². The number of para-hydroxylation sites is 6. The van der Waals surface area contributed by atoms with E-state index in [0.29, 0.717) is 52.4 Å². The van der Waals surface area contributed by atoms with E-state index >= 15 is 0 Å². The maximum absolute atomic E-state index is 4.99. The number of nitrogens with zero attached hydrogens (tertiary/aromatic N) is 12. The lowest BCUT2D eigenvalue weighted by Gasteiger charge is -2.32. The first-order chi connectivity index (χ1) is 60.8. The van der Waals surface area contributed by atoms with Crippen LogP contribution in [0.4, 0.5) is 51.2 Å². The van der Waals surface area contributed by atoms with Crippen molar-refractivity contribution in [2.45, 2.75) is 97.6 Å². The minimum absolute atomic E-state index is 0.655. The number of fused-ring (bicyclic) bond motifs is 6. The monoisotopic (exact) mass is 1660 g/mol. The normalized spacial score (nSPS) is 12.1. The summed E-state index contributed by atoms with van der Waals surface area (Å²) in [6, 6.07) is 123. The summed E-state index contributed by atoms with van der Waals surface area (Å²) in [6.07, 6.45) is 1.99. The molecule has 6 heterocycles. The topological polar surface area (TPSA) is 126 Å². The van der Waals surface area contributed by atoms with E-state index in [-0.39, 0.29) is 0 Å². The fraction of sp³-hybridized carbons (Fsp3) is 0.0917. The smallest absolute Gasteiger partial charge is 0.164 e. The Kier molecular flexibility index (Phi) is 22.5. The predicted octanol–water partition coefficient (Wildman–Crippen LogP) is 29.4. The zero-order chi connectivity index (χ0) is 84.3. The van der Waals surface area contributed by atoms with E-state index in [1.54, 1.807) is 0 Å². The Morgan fingerprint density at radius 3 is 0.589 bits per heavy atom. The Labute approximate surface area is 737 Å². The third-order valence-electron chi connectivity index (χ3n) is 22.7. The molecule has 0 spiro atoms. The third-order valence-corrected chi connectivity index (χ3v) is 26.1. The maximum Gasteiger partial charge on any atom is 0.164 e. The Bertz CT molecular complexity index is 6650. The van der Waals surface area contributed by atoms with Crippen molar-refractivity contribution in [1.29, 1.82) is 0 Å². The molecule has 18 aromatic rings. The Morgan fingerprint density at radius 2 is 0.379 bits per heavy atom. The molecule has 0 atom stereocenters. The second-order valence-corrected chi connectivity index (χ2v) is 34.4. The van der Waals surface area contributed by atoms with Crippen molar-refractivity contribution in [3.63, 3.8) is 0 Å². The SMILES string of the molecule is CCc1ccc(-c2nc(-c3ccc(CC)cc3)nc(-c3ccc(N4c5ccccc5Sc5ccccc54)cc3)n2)cc1.Cc1ccc(-c2nc(-c3ccc(C)cc3)nc(-c3ccc(N4c5ccccc5Sc5ccccc54)cc3)n2)cc1.Cc1ccc(-c2nc(-c3ccc(N4c5ccccc5Sc5ccccc54)cc3)nc(-c3ccc(C)c(C)c3)n2)cc1C. The van der Waals surface area contributed by atoms with Gasteiger partial charge in [0.05, 0.1) is 34.1 Å². The van der Waals surface area contributed by atoms with E-state index in [0.717, 1.165) is 80.0 Å². The standard InChI is InChI=1S/2C37H30N4S.C35H26N4S/c1-23-13-15-28(21-25(23)3)36-38-35(39-37(40-36)29-16-14-24(2)26(4)22-29)27-17-19-30(20-18-27)41-31-9-5-7-11-33(31)42-34-12-8-6-10-32(34)41;1-3-25-13-17-27(18-14-25)35-38-36(28-19-15-26(4-2)16-20-28)40-37(39-35)29-21-23-30(24-22-29)41-31-9-5-7-11-33(31)42-34-12-8-6-10-32(34)41;1-23-11-15-25(16-12-23)33-36-34(26-17-13-24(2)14-18-26)38-35(37-33)27-19-21-28(22-20-27)39-29-7-3-5-9-31(29)40-32-10-6-4-8-30(32)39/h5-22H,1-4H3;5-24H,3-4H2,1-2H3;3-22H,1-2H3. The Morgan fingerprint density at radius 1 is 0.194 bits per heavy atom. The largest absolute Gasteiger partial charge is 0.308 e. The molecule has 0 saturated carbocycles. The molecule has 0 fully saturated rings. The van der Waals surface area contributed by atoms with Crippen molar-refractivity contribution < 1.29 is 0 Å². The molecular weight excluding hydrogens is 1570 g/mol. The highest BCUT2D eigenvalue weighted by atomic mass is 32.2. The van der Waals surface area contributed by atoms with Gasteiger partial charge in [0.1, 0.15) is 0 Å². The van der Waals surface area contributed by atoms with E-state index in [4.69, 9.17) is 44.9 Å². The van der Waals surface area contributed by atoms with Gasteiger partial charge in [-0.1, -0.05) is 254 Å². The summed E-state index contributed by atoms with van der Waals surface area (Å²) in [7, 11) is 0. The third kappa shape index (κ3) is 16.6. The minimum atomic E-state index is 0.655. The van der Waals surface area contributed by atoms with Crippen LogP contribution in [0.25, 0.3) is 102 Å². The molecule has 0 N–H and O–H groups in total. The zero-order valence-electron chi connectivity index (χ0n) is 70.0. The number of aromatic nitrogens is 9. The minimum Gasteiger partial charge on any atom is -0.308 e. The summed E-state index contributed by atoms with van der Waals surface area (Å²) in [5, 5.41) is 0. The van der Waals surface area contributed by atoms with Gasteiger partial charge in [-0.25, -0.2) is 44.9 Å². The van der Waals surface area contributed by atoms with Gasteiger partial charge in [-0.2, -0.15) is 0 Å². The van der Waals surface area contributed by atoms with E-state index in [9.17, 15) is 0 Å². The number of benzene rings is 15. The van der Waals surface area contributed by atoms with Crippen LogP contribution in [0.1, 0.15) is 58.4 Å². The maximum atomic E-state index is 4.99. The lowest BCUT2D eigenvalue weighted by atomic mass is 10.0. The molecule has 0 saturated heterocycles. The van der Waals surface area contributed by atoms with Gasteiger partial charge in [0.2, 0.25) is 0 Å². The molecule has 0 bridgehead atoms. The van der Waals surface area contributed by atoms with Gasteiger partial charge in [0.15, 0.2) is 52.4 Å². The molecule has 15 aromatic carbocycles. The first kappa shape index (κ1) is 79.6. The van der Waals surface area contributed by atoms with Crippen molar-refractivity contribution >= 4 is 86.5 Å². The molecule has 124 heavy (non-hydrogen) atoms. The van der Waals surface area contributed by atoms with E-state index in [1.807, 2.05) is 35.3 Å². The number of aryl methyl sites for hydroxylation is 8. The van der Waals surface area contributed by atoms with Gasteiger partial charge in [0, 0.05) is 96.5 Å². The summed E-state index contributed by atoms with van der Waals surface area (Å²) in [5.41, 5.74) is 29.0. The molecule has 3 aliphatic rings. The van der Waals surface area contributed by atoms with Crippen molar-refractivity contribution in [3.8, 4) is 102 Å². The summed E-state index contributed by atoms with van der Waals surface area (Å²) < 4.78 is 0. The molecule has 3 aromatic heterocycles. The molecule has 0 unspecified atom stereocenters. The molecule has 0 aliphatic carbocycles. The van der Waals surface area contributed by atoms with Crippen LogP contribution in [0.3, 0.4) is 0 Å². The molecule has 3 aliphatic heterocycles. The molecule has 600 valence electrons. The van der Waals surface area contributed by atoms with Gasteiger partial charge in [0.25, 0.3) is 0 Å². The van der Waals surface area contributed by atoms with Crippen LogP contribution in [0.5, 0.6) is 0 Å². The fourth-order valence-electron chi connectivity index (χ4n) is 15.5. The first-order valence-electron chi connectivity index (χ1n) is 41.8. The molecule has 21 rings (SSSR count). The summed E-state index contributed by atoms with van der Waals surface area (Å²) in [4.78, 5) is 58.9. The second-order valence-electron chi connectivity index (χ2n) is 31.1. The highest BCUT2D eigenvalue weighted by molar-refractivity contribution is 8.00. The van der Waals surface area contributed by atoms with Crippen molar-refractivity contribution in [2.24, 2.45) is 0 Å². The van der Waals surface area contributed by atoms with Crippen LogP contribution in [0, 0.1) is 41.5 Å². The van der Waals surface area contributed by atoms with E-state index in [1.165, 1.54) is 108 Å². The summed E-state index contributed by atoms with van der Waals surface area (Å²) >= 11 is 5.44. The van der Waals surface area contributed by atoms with Gasteiger partial charge in [-0.3, -0.25) is 0 Å². The van der Waals surface area contributed by atoms with Crippen LogP contribution >= 0.6 is 35.3 Å². The highest BCUT2D eigenvalue weighted by Gasteiger charge is 2.29. The second kappa shape index (κ2) is 35.1. The van der Waals surface area contributed by atoms with Gasteiger partial charge >= 0.3 is 0 Å². The van der Waals surface area contributed by atoms with Gasteiger partial charge in [-0.15, -0.1) is 0 Å². The van der Waals surface area contributed by atoms with Crippen LogP contribution in [-0.2, 0) is 12.8 Å². The lowest BCUT2D eigenvalue weighted by Crippen LogP contribution is -2.14. The number of anilines is 9. The molecule has 12 nitrogen and oxygen atoms in total. The van der Waals surface area contributed by atoms with E-state index in [2.05, 4.69) is 422 Å².